The maximum Gasteiger partial charge on any atom is 0.188 e. The second-order valence-electron chi connectivity index (χ2n) is 3.40. The Labute approximate surface area is 104 Å². The summed E-state index contributed by atoms with van der Waals surface area (Å²) in [6.45, 7) is 1.96. The lowest BCUT2D eigenvalue weighted by Crippen LogP contribution is -1.89. The van der Waals surface area contributed by atoms with Crippen LogP contribution < -0.4 is 0 Å². The van der Waals surface area contributed by atoms with Crippen LogP contribution in [0.3, 0.4) is 0 Å². The Morgan fingerprint density at radius 1 is 1.31 bits per heavy atom. The standard InChI is InChI=1S/C12H11ClN2S/c1-9-5-6-14-12(15-9)16-8-10-3-2-4-11(13)7-10/h2-7H,8H2,1H3. The van der Waals surface area contributed by atoms with Crippen molar-refractivity contribution < 1.29 is 0 Å². The molecule has 0 atom stereocenters. The van der Waals surface area contributed by atoms with Gasteiger partial charge in [0.05, 0.1) is 0 Å². The predicted octanol–water partition coefficient (Wildman–Crippen LogP) is 3.73. The maximum atomic E-state index is 5.91. The number of aryl methyl sites for hydroxylation is 1. The molecule has 0 spiro atoms. The SMILES string of the molecule is Cc1ccnc(SCc2cccc(Cl)c2)n1. The number of hydrogen-bond donors (Lipinski definition) is 0. The summed E-state index contributed by atoms with van der Waals surface area (Å²) in [5.41, 5.74) is 2.17. The van der Waals surface area contributed by atoms with E-state index in [-0.39, 0.29) is 0 Å². The lowest BCUT2D eigenvalue weighted by Gasteiger charge is -2.01. The molecule has 0 radical (unpaired) electrons. The van der Waals surface area contributed by atoms with Gasteiger partial charge in [-0.15, -0.1) is 0 Å². The molecule has 2 rings (SSSR count). The van der Waals surface area contributed by atoms with Crippen molar-refractivity contribution in [1.82, 2.24) is 9.97 Å². The lowest BCUT2D eigenvalue weighted by atomic mass is 10.2. The van der Waals surface area contributed by atoms with Gasteiger partial charge in [-0.25, -0.2) is 9.97 Å². The largest absolute Gasteiger partial charge is 0.231 e. The Bertz CT molecular complexity index is 442. The normalized spacial score (nSPS) is 10.4. The number of benzene rings is 1. The molecule has 0 amide bonds. The van der Waals surface area contributed by atoms with Gasteiger partial charge in [-0.2, -0.15) is 0 Å². The molecular formula is C12H11ClN2S. The molecule has 0 saturated heterocycles. The van der Waals surface area contributed by atoms with Crippen LogP contribution in [0.25, 0.3) is 0 Å². The Morgan fingerprint density at radius 3 is 2.94 bits per heavy atom. The highest BCUT2D eigenvalue weighted by Gasteiger charge is 1.99. The van der Waals surface area contributed by atoms with Crippen molar-refractivity contribution in [2.45, 2.75) is 17.8 Å². The van der Waals surface area contributed by atoms with Crippen LogP contribution >= 0.6 is 23.4 Å². The van der Waals surface area contributed by atoms with E-state index in [1.807, 2.05) is 31.2 Å². The molecule has 0 N–H and O–H groups in total. The number of hydrogen-bond acceptors (Lipinski definition) is 3. The first-order chi connectivity index (χ1) is 7.74. The van der Waals surface area contributed by atoms with Gasteiger partial charge in [0, 0.05) is 22.7 Å². The number of halogens is 1. The van der Waals surface area contributed by atoms with E-state index in [0.29, 0.717) is 0 Å². The van der Waals surface area contributed by atoms with Crippen molar-refractivity contribution in [3.8, 4) is 0 Å². The van der Waals surface area contributed by atoms with Crippen molar-refractivity contribution in [3.05, 3.63) is 52.8 Å². The quantitative estimate of drug-likeness (QED) is 0.613. The van der Waals surface area contributed by atoms with Gasteiger partial charge in [0.2, 0.25) is 0 Å². The first-order valence-corrected chi connectivity index (χ1v) is 6.27. The van der Waals surface area contributed by atoms with Crippen molar-refractivity contribution >= 4 is 23.4 Å². The zero-order valence-electron chi connectivity index (χ0n) is 8.85. The molecule has 2 aromatic rings. The summed E-state index contributed by atoms with van der Waals surface area (Å²) < 4.78 is 0. The van der Waals surface area contributed by atoms with E-state index in [0.717, 1.165) is 21.6 Å². The highest BCUT2D eigenvalue weighted by molar-refractivity contribution is 7.98. The van der Waals surface area contributed by atoms with Crippen LogP contribution in [-0.4, -0.2) is 9.97 Å². The smallest absolute Gasteiger partial charge is 0.188 e. The van der Waals surface area contributed by atoms with Crippen LogP contribution in [-0.2, 0) is 5.75 Å². The van der Waals surface area contributed by atoms with E-state index >= 15 is 0 Å². The number of rotatable bonds is 3. The Hall–Kier alpha value is -1.06. The van der Waals surface area contributed by atoms with Crippen molar-refractivity contribution in [2.75, 3.05) is 0 Å². The molecular weight excluding hydrogens is 240 g/mol. The van der Waals surface area contributed by atoms with Gasteiger partial charge in [-0.3, -0.25) is 0 Å². The van der Waals surface area contributed by atoms with Gasteiger partial charge in [0.15, 0.2) is 5.16 Å². The van der Waals surface area contributed by atoms with Crippen LogP contribution in [0.15, 0.2) is 41.7 Å². The minimum atomic E-state index is 0.767. The minimum Gasteiger partial charge on any atom is -0.231 e. The molecule has 0 aliphatic heterocycles. The van der Waals surface area contributed by atoms with Crippen molar-refractivity contribution in [1.29, 1.82) is 0 Å². The van der Waals surface area contributed by atoms with Gasteiger partial charge >= 0.3 is 0 Å². The molecule has 2 nitrogen and oxygen atoms in total. The third-order valence-corrected chi connectivity index (χ3v) is 3.20. The first-order valence-electron chi connectivity index (χ1n) is 4.91. The molecule has 0 aliphatic carbocycles. The van der Waals surface area contributed by atoms with E-state index in [9.17, 15) is 0 Å². The fourth-order valence-electron chi connectivity index (χ4n) is 1.27. The van der Waals surface area contributed by atoms with E-state index in [2.05, 4.69) is 16.0 Å². The highest BCUT2D eigenvalue weighted by Crippen LogP contribution is 2.20. The second kappa shape index (κ2) is 5.32. The molecule has 0 aliphatic rings. The average molecular weight is 251 g/mol. The summed E-state index contributed by atoms with van der Waals surface area (Å²) in [7, 11) is 0. The molecule has 0 saturated carbocycles. The first kappa shape index (κ1) is 11.4. The summed E-state index contributed by atoms with van der Waals surface area (Å²) in [6.07, 6.45) is 1.78. The zero-order chi connectivity index (χ0) is 11.4. The summed E-state index contributed by atoms with van der Waals surface area (Å²) in [4.78, 5) is 8.53. The van der Waals surface area contributed by atoms with Gasteiger partial charge in [-0.1, -0.05) is 35.5 Å². The van der Waals surface area contributed by atoms with Crippen LogP contribution in [0, 0.1) is 6.92 Å². The zero-order valence-corrected chi connectivity index (χ0v) is 10.4. The molecule has 1 aromatic heterocycles. The van der Waals surface area contributed by atoms with E-state index < -0.39 is 0 Å². The van der Waals surface area contributed by atoms with Gasteiger partial charge in [0.1, 0.15) is 0 Å². The number of nitrogens with zero attached hydrogens (tertiary/aromatic N) is 2. The number of thioether (sulfide) groups is 1. The lowest BCUT2D eigenvalue weighted by molar-refractivity contribution is 0.932. The van der Waals surface area contributed by atoms with E-state index in [1.165, 1.54) is 5.56 Å². The topological polar surface area (TPSA) is 25.8 Å². The monoisotopic (exact) mass is 250 g/mol. The van der Waals surface area contributed by atoms with E-state index in [4.69, 9.17) is 11.6 Å². The molecule has 0 fully saturated rings. The fourth-order valence-corrected chi connectivity index (χ4v) is 2.30. The van der Waals surface area contributed by atoms with E-state index in [1.54, 1.807) is 18.0 Å². The van der Waals surface area contributed by atoms with Crippen LogP contribution in [0.5, 0.6) is 0 Å². The molecule has 1 aromatic carbocycles. The summed E-state index contributed by atoms with van der Waals surface area (Å²) >= 11 is 7.53. The Balaban J connectivity index is 2.02. The Morgan fingerprint density at radius 2 is 2.19 bits per heavy atom. The van der Waals surface area contributed by atoms with Crippen molar-refractivity contribution in [2.24, 2.45) is 0 Å². The maximum absolute atomic E-state index is 5.91. The third kappa shape index (κ3) is 3.22. The third-order valence-electron chi connectivity index (χ3n) is 2.03. The van der Waals surface area contributed by atoms with Gasteiger partial charge in [0.25, 0.3) is 0 Å². The molecule has 1 heterocycles. The summed E-state index contributed by atoms with van der Waals surface area (Å²) in [5, 5.41) is 1.57. The van der Waals surface area contributed by atoms with Crippen LogP contribution in [0.2, 0.25) is 5.02 Å². The molecule has 4 heteroatoms. The van der Waals surface area contributed by atoms with Crippen LogP contribution in [0.1, 0.15) is 11.3 Å². The fraction of sp³-hybridized carbons (Fsp3) is 0.167. The molecule has 82 valence electrons. The molecule has 0 unspecified atom stereocenters. The average Bonchev–Trinajstić information content (AvgIpc) is 2.27. The highest BCUT2D eigenvalue weighted by atomic mass is 35.5. The predicted molar refractivity (Wildman–Crippen MR) is 67.8 cm³/mol. The van der Waals surface area contributed by atoms with Gasteiger partial charge in [-0.05, 0) is 30.7 Å². The summed E-state index contributed by atoms with van der Waals surface area (Å²) in [5.74, 6) is 0.837. The van der Waals surface area contributed by atoms with Gasteiger partial charge < -0.3 is 0 Å². The molecule has 16 heavy (non-hydrogen) atoms. The number of aromatic nitrogens is 2. The molecule has 0 bridgehead atoms. The minimum absolute atomic E-state index is 0.767. The Kier molecular flexibility index (Phi) is 3.80. The second-order valence-corrected chi connectivity index (χ2v) is 4.78. The van der Waals surface area contributed by atoms with Crippen LogP contribution in [0.4, 0.5) is 0 Å². The summed E-state index contributed by atoms with van der Waals surface area (Å²) in [6, 6.07) is 9.73. The van der Waals surface area contributed by atoms with Crippen molar-refractivity contribution in [3.63, 3.8) is 0 Å².